The highest BCUT2D eigenvalue weighted by Gasteiger charge is 2.47. The lowest BCUT2D eigenvalue weighted by atomic mass is 9.97. The van der Waals surface area contributed by atoms with Crippen LogP contribution in [-0.4, -0.2) is 45.8 Å². The normalized spacial score (nSPS) is 23.8. The maximum absolute atomic E-state index is 12.9. The molecule has 0 aromatic carbocycles. The van der Waals surface area contributed by atoms with Crippen molar-refractivity contribution < 1.29 is 22.4 Å². The Morgan fingerprint density at radius 3 is 2.60 bits per heavy atom. The minimum absolute atomic E-state index is 0.0407. The van der Waals surface area contributed by atoms with Crippen molar-refractivity contribution in [2.75, 3.05) is 11.9 Å². The number of alkyl halides is 3. The maximum atomic E-state index is 12.9. The molecule has 1 amide bonds. The Bertz CT molecular complexity index is 488. The third kappa shape index (κ3) is 3.20. The second kappa shape index (κ2) is 5.29. The van der Waals surface area contributed by atoms with Gasteiger partial charge >= 0.3 is 12.2 Å². The standard InChI is InChI=1S/C11H15F3N4O2/c1-6-16-17-10(20-6)15-8-3-4-9(11(12,13)14)18(5-8)7(2)19/h8-9H,3-5H2,1-2H3,(H,15,17). The van der Waals surface area contributed by atoms with Gasteiger partial charge in [0.1, 0.15) is 6.04 Å². The Kier molecular flexibility index (Phi) is 3.87. The summed E-state index contributed by atoms with van der Waals surface area (Å²) in [7, 11) is 0. The first kappa shape index (κ1) is 14.6. The van der Waals surface area contributed by atoms with Gasteiger partial charge in [0.15, 0.2) is 0 Å². The molecule has 2 rings (SSSR count). The van der Waals surface area contributed by atoms with Crippen LogP contribution >= 0.6 is 0 Å². The molecule has 0 aliphatic carbocycles. The number of halogens is 3. The molecule has 0 bridgehead atoms. The second-order valence-electron chi connectivity index (χ2n) is 4.77. The average molecular weight is 292 g/mol. The SMILES string of the molecule is CC(=O)N1CC(Nc2nnc(C)o2)CCC1C(F)(F)F. The van der Waals surface area contributed by atoms with Gasteiger partial charge in [-0.15, -0.1) is 5.10 Å². The summed E-state index contributed by atoms with van der Waals surface area (Å²) >= 11 is 0. The molecule has 112 valence electrons. The Hall–Kier alpha value is -1.80. The lowest BCUT2D eigenvalue weighted by molar-refractivity contribution is -0.195. The molecule has 1 aliphatic rings. The van der Waals surface area contributed by atoms with Gasteiger partial charge in [0.05, 0.1) is 0 Å². The number of anilines is 1. The Labute approximate surface area is 113 Å². The number of carbonyl (C=O) groups excluding carboxylic acids is 1. The molecule has 1 aromatic heterocycles. The van der Waals surface area contributed by atoms with E-state index in [4.69, 9.17) is 4.42 Å². The molecule has 2 heterocycles. The number of hydrogen-bond donors (Lipinski definition) is 1. The molecule has 1 aromatic rings. The molecule has 0 saturated carbocycles. The maximum Gasteiger partial charge on any atom is 0.408 e. The van der Waals surface area contributed by atoms with Gasteiger partial charge < -0.3 is 14.6 Å². The van der Waals surface area contributed by atoms with Gasteiger partial charge in [-0.3, -0.25) is 4.79 Å². The first-order valence-corrected chi connectivity index (χ1v) is 6.18. The van der Waals surface area contributed by atoms with Crippen molar-refractivity contribution in [1.29, 1.82) is 0 Å². The number of nitrogens with zero attached hydrogens (tertiary/aromatic N) is 3. The second-order valence-corrected chi connectivity index (χ2v) is 4.77. The quantitative estimate of drug-likeness (QED) is 0.899. The van der Waals surface area contributed by atoms with Crippen molar-refractivity contribution in [3.8, 4) is 0 Å². The number of amides is 1. The summed E-state index contributed by atoms with van der Waals surface area (Å²) in [5.41, 5.74) is 0. The molecule has 1 saturated heterocycles. The third-order valence-electron chi connectivity index (χ3n) is 3.22. The van der Waals surface area contributed by atoms with E-state index in [1.54, 1.807) is 6.92 Å². The number of carbonyl (C=O) groups is 1. The first-order valence-electron chi connectivity index (χ1n) is 6.18. The highest BCUT2D eigenvalue weighted by molar-refractivity contribution is 5.74. The molecule has 1 fully saturated rings. The van der Waals surface area contributed by atoms with E-state index in [0.29, 0.717) is 5.89 Å². The highest BCUT2D eigenvalue weighted by Crippen LogP contribution is 2.32. The number of aromatic nitrogens is 2. The largest absolute Gasteiger partial charge is 0.408 e. The van der Waals surface area contributed by atoms with E-state index < -0.39 is 18.1 Å². The molecule has 6 nitrogen and oxygen atoms in total. The minimum atomic E-state index is -4.41. The van der Waals surface area contributed by atoms with Gasteiger partial charge in [-0.1, -0.05) is 5.10 Å². The fourth-order valence-corrected chi connectivity index (χ4v) is 2.31. The van der Waals surface area contributed by atoms with Crippen molar-refractivity contribution in [2.24, 2.45) is 0 Å². The van der Waals surface area contributed by atoms with Crippen molar-refractivity contribution in [3.63, 3.8) is 0 Å². The zero-order chi connectivity index (χ0) is 14.9. The third-order valence-corrected chi connectivity index (χ3v) is 3.22. The molecule has 0 spiro atoms. The van der Waals surface area contributed by atoms with Crippen LogP contribution in [0, 0.1) is 6.92 Å². The molecule has 2 unspecified atom stereocenters. The summed E-state index contributed by atoms with van der Waals surface area (Å²) in [6, 6.07) is -1.90. The Morgan fingerprint density at radius 2 is 2.10 bits per heavy atom. The van der Waals surface area contributed by atoms with Crippen molar-refractivity contribution in [2.45, 2.75) is 44.9 Å². The number of likely N-dealkylation sites (tertiary alicyclic amines) is 1. The van der Waals surface area contributed by atoms with Crippen LogP contribution in [0.15, 0.2) is 4.42 Å². The van der Waals surface area contributed by atoms with Gasteiger partial charge in [-0.05, 0) is 12.8 Å². The molecule has 1 N–H and O–H groups in total. The van der Waals surface area contributed by atoms with E-state index in [0.717, 1.165) is 11.8 Å². The molecule has 2 atom stereocenters. The number of aryl methyl sites for hydroxylation is 1. The fourth-order valence-electron chi connectivity index (χ4n) is 2.31. The summed E-state index contributed by atoms with van der Waals surface area (Å²) in [6.07, 6.45) is -4.28. The van der Waals surface area contributed by atoms with Crippen LogP contribution in [0.25, 0.3) is 0 Å². The fraction of sp³-hybridized carbons (Fsp3) is 0.727. The van der Waals surface area contributed by atoms with Crippen LogP contribution in [-0.2, 0) is 4.79 Å². The number of nitrogens with one attached hydrogen (secondary N) is 1. The summed E-state index contributed by atoms with van der Waals surface area (Å²) in [5, 5.41) is 10.2. The molecule has 20 heavy (non-hydrogen) atoms. The molecule has 9 heteroatoms. The van der Waals surface area contributed by atoms with Crippen LogP contribution in [0.4, 0.5) is 19.2 Å². The molecular formula is C11H15F3N4O2. The van der Waals surface area contributed by atoms with Gasteiger partial charge in [0.25, 0.3) is 0 Å². The van der Waals surface area contributed by atoms with Gasteiger partial charge in [0, 0.05) is 26.4 Å². The van der Waals surface area contributed by atoms with Gasteiger partial charge in [-0.2, -0.15) is 13.2 Å². The number of piperidine rings is 1. The number of hydrogen-bond acceptors (Lipinski definition) is 5. The van der Waals surface area contributed by atoms with E-state index in [2.05, 4.69) is 15.5 Å². The van der Waals surface area contributed by atoms with Crippen LogP contribution in [0.2, 0.25) is 0 Å². The van der Waals surface area contributed by atoms with E-state index >= 15 is 0 Å². The lowest BCUT2D eigenvalue weighted by Crippen LogP contribution is -2.55. The molecular weight excluding hydrogens is 277 g/mol. The van der Waals surface area contributed by atoms with E-state index in [-0.39, 0.29) is 31.4 Å². The van der Waals surface area contributed by atoms with E-state index in [1.165, 1.54) is 0 Å². The summed E-state index contributed by atoms with van der Waals surface area (Å²) in [5.74, 6) is -0.236. The highest BCUT2D eigenvalue weighted by atomic mass is 19.4. The zero-order valence-electron chi connectivity index (χ0n) is 11.1. The minimum Gasteiger partial charge on any atom is -0.408 e. The summed E-state index contributed by atoms with van der Waals surface area (Å²) in [4.78, 5) is 12.2. The van der Waals surface area contributed by atoms with E-state index in [9.17, 15) is 18.0 Å². The van der Waals surface area contributed by atoms with Gasteiger partial charge in [-0.25, -0.2) is 0 Å². The van der Waals surface area contributed by atoms with Crippen LogP contribution < -0.4 is 5.32 Å². The lowest BCUT2D eigenvalue weighted by Gasteiger charge is -2.39. The van der Waals surface area contributed by atoms with Crippen LogP contribution in [0.3, 0.4) is 0 Å². The van der Waals surface area contributed by atoms with Crippen molar-refractivity contribution >= 4 is 11.9 Å². The number of rotatable bonds is 2. The Morgan fingerprint density at radius 1 is 1.40 bits per heavy atom. The van der Waals surface area contributed by atoms with Crippen LogP contribution in [0.5, 0.6) is 0 Å². The zero-order valence-corrected chi connectivity index (χ0v) is 11.1. The topological polar surface area (TPSA) is 71.3 Å². The molecule has 0 radical (unpaired) electrons. The Balaban J connectivity index is 2.05. The van der Waals surface area contributed by atoms with Crippen molar-refractivity contribution in [3.05, 3.63) is 5.89 Å². The predicted octanol–water partition coefficient (Wildman–Crippen LogP) is 1.73. The first-order chi connectivity index (χ1) is 9.27. The average Bonchev–Trinajstić information content (AvgIpc) is 2.73. The molecule has 1 aliphatic heterocycles. The monoisotopic (exact) mass is 292 g/mol. The predicted molar refractivity (Wildman–Crippen MR) is 62.9 cm³/mol. The van der Waals surface area contributed by atoms with Crippen LogP contribution in [0.1, 0.15) is 25.7 Å². The summed E-state index contributed by atoms with van der Waals surface area (Å²) in [6.45, 7) is 2.71. The summed E-state index contributed by atoms with van der Waals surface area (Å²) < 4.78 is 43.7. The van der Waals surface area contributed by atoms with Gasteiger partial charge in [0.2, 0.25) is 11.8 Å². The van der Waals surface area contributed by atoms with Crippen molar-refractivity contribution in [1.82, 2.24) is 15.1 Å². The smallest absolute Gasteiger partial charge is 0.408 e. The van der Waals surface area contributed by atoms with E-state index in [1.807, 2.05) is 0 Å².